The first kappa shape index (κ1) is 19.1. The van der Waals surface area contributed by atoms with Crippen LogP contribution in [0.1, 0.15) is 10.4 Å². The molecule has 0 aliphatic heterocycles. The van der Waals surface area contributed by atoms with E-state index in [9.17, 15) is 4.79 Å². The maximum absolute atomic E-state index is 11.1. The van der Waals surface area contributed by atoms with Crippen molar-refractivity contribution >= 4 is 35.5 Å². The fraction of sp³-hybridized carbons (Fsp3) is 0. The number of aromatic nitrogens is 2. The molecule has 0 spiro atoms. The molecule has 1 aromatic heterocycles. The molecule has 0 bridgehead atoms. The van der Waals surface area contributed by atoms with Crippen LogP contribution in [0.15, 0.2) is 84.9 Å². The normalized spacial score (nSPS) is 10.2. The molecule has 0 aliphatic carbocycles. The first-order valence-corrected chi connectivity index (χ1v) is 8.27. The average molecular weight is 363 g/mol. The molecule has 1 heterocycles. The van der Waals surface area contributed by atoms with Crippen molar-refractivity contribution in [2.24, 2.45) is 0 Å². The Kier molecular flexibility index (Phi) is 5.91. The van der Waals surface area contributed by atoms with Gasteiger partial charge in [0.2, 0.25) is 0 Å². The van der Waals surface area contributed by atoms with Gasteiger partial charge in [0.05, 0.1) is 17.0 Å². The molecule has 27 heavy (non-hydrogen) atoms. The Bertz CT molecular complexity index is 986. The summed E-state index contributed by atoms with van der Waals surface area (Å²) < 4.78 is 0. The molecule has 0 unspecified atom stereocenters. The third-order valence-corrected chi connectivity index (χ3v) is 4.22. The van der Waals surface area contributed by atoms with Gasteiger partial charge in [0.25, 0.3) is 0 Å². The maximum Gasteiger partial charge on any atom is 0.335 e. The van der Waals surface area contributed by atoms with Crippen molar-refractivity contribution in [2.75, 3.05) is 0 Å². The number of nitrogens with one attached hydrogen (secondary N) is 1. The molecule has 0 fully saturated rings. The zero-order chi connectivity index (χ0) is 17.9. The molecule has 0 aliphatic rings. The van der Waals surface area contributed by atoms with Gasteiger partial charge in [-0.05, 0) is 12.1 Å². The van der Waals surface area contributed by atoms with Crippen LogP contribution in [-0.4, -0.2) is 50.6 Å². The minimum atomic E-state index is -0.939. The number of aromatic amines is 1. The van der Waals surface area contributed by atoms with E-state index in [4.69, 9.17) is 10.1 Å². The van der Waals surface area contributed by atoms with Gasteiger partial charge in [-0.25, -0.2) is 9.78 Å². The summed E-state index contributed by atoms with van der Waals surface area (Å²) in [6.07, 6.45) is 0. The second-order valence-electron chi connectivity index (χ2n) is 5.92. The van der Waals surface area contributed by atoms with Crippen molar-refractivity contribution in [3.05, 3.63) is 90.5 Å². The number of carboxylic acid groups (broad SMARTS) is 1. The summed E-state index contributed by atoms with van der Waals surface area (Å²) in [5, 5.41) is 9.07. The van der Waals surface area contributed by atoms with Crippen LogP contribution in [0.25, 0.3) is 33.9 Å². The number of H-pyrrole nitrogens is 1. The number of hydrogen-bond acceptors (Lipinski definition) is 2. The molecule has 0 amide bonds. The maximum atomic E-state index is 11.1. The zero-order valence-electron chi connectivity index (χ0n) is 14.9. The minimum Gasteiger partial charge on any atom is -0.478 e. The van der Waals surface area contributed by atoms with Crippen LogP contribution in [0.2, 0.25) is 0 Å². The smallest absolute Gasteiger partial charge is 0.335 e. The van der Waals surface area contributed by atoms with Gasteiger partial charge in [0.1, 0.15) is 5.82 Å². The van der Waals surface area contributed by atoms with E-state index in [0.717, 1.165) is 28.1 Å². The van der Waals surface area contributed by atoms with Crippen molar-refractivity contribution in [2.45, 2.75) is 0 Å². The number of aromatic carboxylic acids is 1. The van der Waals surface area contributed by atoms with Gasteiger partial charge in [-0.3, -0.25) is 0 Å². The predicted molar refractivity (Wildman–Crippen MR) is 108 cm³/mol. The van der Waals surface area contributed by atoms with E-state index in [0.29, 0.717) is 5.82 Å². The summed E-state index contributed by atoms with van der Waals surface area (Å²) in [6.45, 7) is 0. The second kappa shape index (κ2) is 8.35. The number of benzene rings is 3. The molecule has 4 nitrogen and oxygen atoms in total. The van der Waals surface area contributed by atoms with Crippen molar-refractivity contribution < 1.29 is 9.90 Å². The Morgan fingerprint density at radius 2 is 1.30 bits per heavy atom. The Morgan fingerprint density at radius 1 is 0.741 bits per heavy atom. The summed E-state index contributed by atoms with van der Waals surface area (Å²) in [7, 11) is 0. The molecular formula is C22H16N2NaO2. The molecule has 4 aromatic rings. The third-order valence-electron chi connectivity index (χ3n) is 4.22. The first-order chi connectivity index (χ1) is 12.7. The quantitative estimate of drug-likeness (QED) is 0.515. The molecule has 3 aromatic carbocycles. The number of hydrogen-bond donors (Lipinski definition) is 2. The standard InChI is InChI=1S/C22H16N2O2.Na/c25-22(26)18-13-11-17(12-14-18)21-23-19(15-7-3-1-4-8-15)20(24-21)16-9-5-2-6-10-16;/h1-14H,(H,23,24)(H,25,26);. The van der Waals surface area contributed by atoms with Crippen LogP contribution in [0.3, 0.4) is 0 Å². The number of imidazole rings is 1. The fourth-order valence-electron chi connectivity index (χ4n) is 2.90. The van der Waals surface area contributed by atoms with E-state index >= 15 is 0 Å². The van der Waals surface area contributed by atoms with Crippen LogP contribution in [0.4, 0.5) is 0 Å². The number of carbonyl (C=O) groups is 1. The Hall–Kier alpha value is -2.66. The van der Waals surface area contributed by atoms with Gasteiger partial charge in [0, 0.05) is 46.2 Å². The first-order valence-electron chi connectivity index (χ1n) is 8.27. The van der Waals surface area contributed by atoms with Crippen molar-refractivity contribution in [1.82, 2.24) is 9.97 Å². The third kappa shape index (κ3) is 4.03. The molecule has 2 N–H and O–H groups in total. The van der Waals surface area contributed by atoms with E-state index in [-0.39, 0.29) is 35.1 Å². The monoisotopic (exact) mass is 363 g/mol. The Morgan fingerprint density at radius 3 is 1.85 bits per heavy atom. The summed E-state index contributed by atoms with van der Waals surface area (Å²) in [5.74, 6) is -0.231. The summed E-state index contributed by atoms with van der Waals surface area (Å²) in [6, 6.07) is 26.8. The summed E-state index contributed by atoms with van der Waals surface area (Å²) in [5.41, 5.74) is 4.98. The van der Waals surface area contributed by atoms with E-state index < -0.39 is 5.97 Å². The Labute approximate surface area is 179 Å². The largest absolute Gasteiger partial charge is 0.478 e. The topological polar surface area (TPSA) is 66.0 Å². The molecule has 127 valence electrons. The van der Waals surface area contributed by atoms with Gasteiger partial charge in [-0.2, -0.15) is 0 Å². The molecule has 0 saturated carbocycles. The number of carboxylic acids is 1. The van der Waals surface area contributed by atoms with Crippen molar-refractivity contribution in [3.63, 3.8) is 0 Å². The van der Waals surface area contributed by atoms with E-state index in [1.165, 1.54) is 0 Å². The van der Waals surface area contributed by atoms with Gasteiger partial charge in [-0.1, -0.05) is 72.8 Å². The average Bonchev–Trinajstić information content (AvgIpc) is 3.15. The van der Waals surface area contributed by atoms with Crippen LogP contribution >= 0.6 is 0 Å². The van der Waals surface area contributed by atoms with Crippen molar-refractivity contribution in [3.8, 4) is 33.9 Å². The molecule has 1 radical (unpaired) electrons. The summed E-state index contributed by atoms with van der Waals surface area (Å²) in [4.78, 5) is 19.3. The van der Waals surface area contributed by atoms with Gasteiger partial charge >= 0.3 is 5.97 Å². The second-order valence-corrected chi connectivity index (χ2v) is 5.92. The van der Waals surface area contributed by atoms with E-state index in [1.807, 2.05) is 60.7 Å². The molecule has 0 saturated heterocycles. The van der Waals surface area contributed by atoms with Crippen LogP contribution in [-0.2, 0) is 0 Å². The fourth-order valence-corrected chi connectivity index (χ4v) is 2.90. The predicted octanol–water partition coefficient (Wildman–Crippen LogP) is 4.73. The van der Waals surface area contributed by atoms with Crippen LogP contribution in [0.5, 0.6) is 0 Å². The SMILES string of the molecule is O=C(O)c1ccc(-c2nc(-c3ccccc3)c(-c3ccccc3)[nH]2)cc1.[Na]. The van der Waals surface area contributed by atoms with Crippen LogP contribution < -0.4 is 0 Å². The Balaban J connectivity index is 0.00000210. The molecule has 4 rings (SSSR count). The molecule has 0 atom stereocenters. The van der Waals surface area contributed by atoms with E-state index in [2.05, 4.69) is 4.98 Å². The number of rotatable bonds is 4. The zero-order valence-corrected chi connectivity index (χ0v) is 16.9. The minimum absolute atomic E-state index is 0. The summed E-state index contributed by atoms with van der Waals surface area (Å²) >= 11 is 0. The molecule has 5 heteroatoms. The molecular weight excluding hydrogens is 347 g/mol. The van der Waals surface area contributed by atoms with Crippen LogP contribution in [0, 0.1) is 0 Å². The number of nitrogens with zero attached hydrogens (tertiary/aromatic N) is 1. The van der Waals surface area contributed by atoms with Gasteiger partial charge in [-0.15, -0.1) is 0 Å². The van der Waals surface area contributed by atoms with Crippen molar-refractivity contribution in [1.29, 1.82) is 0 Å². The van der Waals surface area contributed by atoms with E-state index in [1.54, 1.807) is 24.3 Å². The van der Waals surface area contributed by atoms with Gasteiger partial charge < -0.3 is 10.1 Å². The van der Waals surface area contributed by atoms with Gasteiger partial charge in [0.15, 0.2) is 0 Å².